The molecule has 7 heteroatoms. The molecule has 0 unspecified atom stereocenters. The van der Waals surface area contributed by atoms with Crippen LogP contribution in [0.25, 0.3) is 0 Å². The molecule has 2 aromatic heterocycles. The van der Waals surface area contributed by atoms with Crippen molar-refractivity contribution >= 4 is 28.8 Å². The minimum Gasteiger partial charge on any atom is -0.364 e. The number of aryl methyl sites for hydroxylation is 1. The lowest BCUT2D eigenvalue weighted by Crippen LogP contribution is -2.17. The normalized spacial score (nSPS) is 10.3. The van der Waals surface area contributed by atoms with Gasteiger partial charge in [-0.3, -0.25) is 14.3 Å². The number of primary amides is 1. The summed E-state index contributed by atoms with van der Waals surface area (Å²) in [7, 11) is 1.68. The van der Waals surface area contributed by atoms with E-state index < -0.39 is 5.91 Å². The van der Waals surface area contributed by atoms with Crippen molar-refractivity contribution in [3.8, 4) is 0 Å². The molecular formula is C11H12N4O2S. The first-order chi connectivity index (χ1) is 8.50. The lowest BCUT2D eigenvalue weighted by Gasteiger charge is -2.03. The molecule has 0 saturated carbocycles. The molecule has 3 N–H and O–H groups in total. The molecule has 0 atom stereocenters. The first kappa shape index (κ1) is 12.3. The number of nitrogens with one attached hydrogen (secondary N) is 1. The van der Waals surface area contributed by atoms with E-state index in [1.807, 2.05) is 0 Å². The molecule has 2 rings (SSSR count). The summed E-state index contributed by atoms with van der Waals surface area (Å²) in [5.41, 5.74) is 6.34. The lowest BCUT2D eigenvalue weighted by molar-refractivity contribution is 0.0995. The summed E-state index contributed by atoms with van der Waals surface area (Å²) in [5.74, 6) is -0.941. The molecule has 18 heavy (non-hydrogen) atoms. The summed E-state index contributed by atoms with van der Waals surface area (Å²) in [6.07, 6.45) is 0. The van der Waals surface area contributed by atoms with Gasteiger partial charge >= 0.3 is 0 Å². The van der Waals surface area contributed by atoms with Crippen LogP contribution in [0.2, 0.25) is 0 Å². The van der Waals surface area contributed by atoms with Crippen LogP contribution in [0.5, 0.6) is 0 Å². The highest BCUT2D eigenvalue weighted by Gasteiger charge is 2.20. The molecule has 2 aromatic rings. The van der Waals surface area contributed by atoms with E-state index in [1.165, 1.54) is 16.0 Å². The van der Waals surface area contributed by atoms with Crippen LogP contribution in [-0.2, 0) is 7.05 Å². The Bertz CT molecular complexity index is 601. The number of nitrogens with zero attached hydrogens (tertiary/aromatic N) is 2. The van der Waals surface area contributed by atoms with E-state index in [2.05, 4.69) is 10.4 Å². The van der Waals surface area contributed by atoms with Gasteiger partial charge in [-0.1, -0.05) is 6.07 Å². The van der Waals surface area contributed by atoms with Crippen molar-refractivity contribution in [1.29, 1.82) is 0 Å². The zero-order valence-corrected chi connectivity index (χ0v) is 10.7. The minimum absolute atomic E-state index is 0.0694. The van der Waals surface area contributed by atoms with Gasteiger partial charge in [0.05, 0.1) is 16.3 Å². The van der Waals surface area contributed by atoms with Gasteiger partial charge in [-0.2, -0.15) is 5.10 Å². The van der Waals surface area contributed by atoms with E-state index in [9.17, 15) is 9.59 Å². The van der Waals surface area contributed by atoms with Gasteiger partial charge in [0.25, 0.3) is 11.8 Å². The maximum Gasteiger partial charge on any atom is 0.271 e. The van der Waals surface area contributed by atoms with Crippen LogP contribution < -0.4 is 11.1 Å². The van der Waals surface area contributed by atoms with Gasteiger partial charge in [-0.25, -0.2) is 0 Å². The number of amides is 2. The summed E-state index contributed by atoms with van der Waals surface area (Å²) in [6, 6.07) is 3.49. The van der Waals surface area contributed by atoms with Crippen molar-refractivity contribution in [3.05, 3.63) is 33.8 Å². The summed E-state index contributed by atoms with van der Waals surface area (Å²) in [6.45, 7) is 1.75. The summed E-state index contributed by atoms with van der Waals surface area (Å²) < 4.78 is 1.50. The van der Waals surface area contributed by atoms with E-state index in [0.29, 0.717) is 16.3 Å². The van der Waals surface area contributed by atoms with Gasteiger partial charge < -0.3 is 11.1 Å². The zero-order chi connectivity index (χ0) is 13.3. The topological polar surface area (TPSA) is 90.0 Å². The Hall–Kier alpha value is -2.15. The quantitative estimate of drug-likeness (QED) is 0.871. The number of thiophene rings is 1. The number of rotatable bonds is 3. The fraction of sp³-hybridized carbons (Fsp3) is 0.182. The van der Waals surface area contributed by atoms with Crippen LogP contribution >= 0.6 is 11.3 Å². The maximum absolute atomic E-state index is 11.9. The van der Waals surface area contributed by atoms with Gasteiger partial charge in [0, 0.05) is 7.05 Å². The van der Waals surface area contributed by atoms with Crippen LogP contribution in [0.1, 0.15) is 25.9 Å². The molecule has 0 bridgehead atoms. The standard InChI is InChI=1S/C11H12N4O2S/c1-6-8(9(10(12)16)14-15(6)2)13-11(17)7-4-3-5-18-7/h3-5H,1-2H3,(H2,12,16)(H,13,17). The second-order valence-corrected chi connectivity index (χ2v) is 4.68. The van der Waals surface area contributed by atoms with Crippen molar-refractivity contribution in [2.45, 2.75) is 6.92 Å². The number of anilines is 1. The van der Waals surface area contributed by atoms with Crippen molar-refractivity contribution in [1.82, 2.24) is 9.78 Å². The molecule has 0 aliphatic carbocycles. The average Bonchev–Trinajstić information content (AvgIpc) is 2.92. The van der Waals surface area contributed by atoms with E-state index in [1.54, 1.807) is 31.5 Å². The fourth-order valence-corrected chi connectivity index (χ4v) is 2.13. The Morgan fingerprint density at radius 2 is 2.22 bits per heavy atom. The monoisotopic (exact) mass is 264 g/mol. The molecule has 0 fully saturated rings. The molecule has 0 saturated heterocycles. The largest absolute Gasteiger partial charge is 0.364 e. The minimum atomic E-state index is -0.667. The van der Waals surface area contributed by atoms with Gasteiger partial charge in [0.2, 0.25) is 0 Å². The molecule has 0 aliphatic rings. The summed E-state index contributed by atoms with van der Waals surface area (Å²) in [5, 5.41) is 8.45. The van der Waals surface area contributed by atoms with Crippen molar-refractivity contribution in [2.75, 3.05) is 5.32 Å². The molecule has 0 spiro atoms. The fourth-order valence-electron chi connectivity index (χ4n) is 1.51. The van der Waals surface area contributed by atoms with Gasteiger partial charge in [0.15, 0.2) is 5.69 Å². The maximum atomic E-state index is 11.9. The molecule has 94 valence electrons. The van der Waals surface area contributed by atoms with Gasteiger partial charge in [-0.05, 0) is 18.4 Å². The number of carbonyl (C=O) groups is 2. The summed E-state index contributed by atoms with van der Waals surface area (Å²) in [4.78, 5) is 23.7. The van der Waals surface area contributed by atoms with Gasteiger partial charge in [-0.15, -0.1) is 11.3 Å². The SMILES string of the molecule is Cc1c(NC(=O)c2cccs2)c(C(N)=O)nn1C. The molecule has 6 nitrogen and oxygen atoms in total. The molecule has 0 aromatic carbocycles. The number of carbonyl (C=O) groups excluding carboxylic acids is 2. The van der Waals surface area contributed by atoms with Crippen LogP contribution in [-0.4, -0.2) is 21.6 Å². The Kier molecular flexibility index (Phi) is 3.15. The third-order valence-corrected chi connectivity index (χ3v) is 3.42. The van der Waals surface area contributed by atoms with E-state index in [0.717, 1.165) is 0 Å². The van der Waals surface area contributed by atoms with E-state index in [4.69, 9.17) is 5.73 Å². The van der Waals surface area contributed by atoms with Crippen molar-refractivity contribution in [2.24, 2.45) is 12.8 Å². The van der Waals surface area contributed by atoms with Gasteiger partial charge in [0.1, 0.15) is 0 Å². The molecule has 0 radical (unpaired) electrons. The zero-order valence-electron chi connectivity index (χ0n) is 9.93. The lowest BCUT2D eigenvalue weighted by atomic mass is 10.2. The number of nitrogens with two attached hydrogens (primary N) is 1. The predicted molar refractivity (Wildman–Crippen MR) is 68.7 cm³/mol. The number of hydrogen-bond acceptors (Lipinski definition) is 4. The Morgan fingerprint density at radius 3 is 2.78 bits per heavy atom. The molecule has 0 aliphatic heterocycles. The predicted octanol–water partition coefficient (Wildman–Crippen LogP) is 1.14. The third-order valence-electron chi connectivity index (χ3n) is 2.55. The first-order valence-electron chi connectivity index (χ1n) is 5.19. The Labute approximate surface area is 107 Å². The highest BCUT2D eigenvalue weighted by Crippen LogP contribution is 2.21. The second-order valence-electron chi connectivity index (χ2n) is 3.73. The van der Waals surface area contributed by atoms with Crippen LogP contribution in [0, 0.1) is 6.92 Å². The number of hydrogen-bond donors (Lipinski definition) is 2. The summed E-state index contributed by atoms with van der Waals surface area (Å²) >= 11 is 1.32. The van der Waals surface area contributed by atoms with E-state index in [-0.39, 0.29) is 11.6 Å². The van der Waals surface area contributed by atoms with Crippen molar-refractivity contribution < 1.29 is 9.59 Å². The van der Waals surface area contributed by atoms with Crippen LogP contribution in [0.15, 0.2) is 17.5 Å². The average molecular weight is 264 g/mol. The molecule has 2 amide bonds. The van der Waals surface area contributed by atoms with Crippen molar-refractivity contribution in [3.63, 3.8) is 0 Å². The molecular weight excluding hydrogens is 252 g/mol. The first-order valence-corrected chi connectivity index (χ1v) is 6.07. The third kappa shape index (κ3) is 2.12. The van der Waals surface area contributed by atoms with E-state index >= 15 is 0 Å². The Morgan fingerprint density at radius 1 is 1.50 bits per heavy atom. The highest BCUT2D eigenvalue weighted by molar-refractivity contribution is 7.12. The molecule has 2 heterocycles. The number of aromatic nitrogens is 2. The second kappa shape index (κ2) is 4.61. The Balaban J connectivity index is 2.34. The smallest absolute Gasteiger partial charge is 0.271 e. The highest BCUT2D eigenvalue weighted by atomic mass is 32.1. The van der Waals surface area contributed by atoms with Crippen LogP contribution in [0.3, 0.4) is 0 Å². The van der Waals surface area contributed by atoms with Crippen LogP contribution in [0.4, 0.5) is 5.69 Å².